The summed E-state index contributed by atoms with van der Waals surface area (Å²) in [7, 11) is 0. The van der Waals surface area contributed by atoms with E-state index in [0.717, 1.165) is 16.0 Å². The van der Waals surface area contributed by atoms with E-state index in [-0.39, 0.29) is 12.1 Å². The molecule has 160 valence electrons. The van der Waals surface area contributed by atoms with Crippen LogP contribution in [0.25, 0.3) is 6.08 Å². The number of hydrogen-bond donors (Lipinski definition) is 1. The van der Waals surface area contributed by atoms with E-state index in [1.54, 1.807) is 24.3 Å². The molecule has 1 heterocycles. The van der Waals surface area contributed by atoms with Gasteiger partial charge >= 0.3 is 6.03 Å². The van der Waals surface area contributed by atoms with E-state index in [9.17, 15) is 14.4 Å². The standard InChI is InChI=1S/C26H22N2O4/c1-18-6-5-9-21(14-18)17-32-22-12-10-19(11-13-22)15-23-24(29)27-26(31)28(25(23)30)16-20-7-3-2-4-8-20/h2-15H,16-17H2,1H3,(H,27,29,31). The van der Waals surface area contributed by atoms with Crippen molar-refractivity contribution in [2.24, 2.45) is 0 Å². The number of ether oxygens (including phenoxy) is 1. The third-order valence-electron chi connectivity index (χ3n) is 5.05. The van der Waals surface area contributed by atoms with Gasteiger partial charge in [0.25, 0.3) is 11.8 Å². The normalized spacial score (nSPS) is 15.1. The van der Waals surface area contributed by atoms with Crippen LogP contribution >= 0.6 is 0 Å². The van der Waals surface area contributed by atoms with E-state index in [4.69, 9.17) is 4.74 Å². The number of amides is 4. The molecule has 0 atom stereocenters. The van der Waals surface area contributed by atoms with Gasteiger partial charge in [0.1, 0.15) is 17.9 Å². The second-order valence-electron chi connectivity index (χ2n) is 7.54. The number of rotatable bonds is 6. The molecule has 1 saturated heterocycles. The summed E-state index contributed by atoms with van der Waals surface area (Å²) in [6.07, 6.45) is 1.48. The molecule has 0 spiro atoms. The molecule has 0 aliphatic carbocycles. The van der Waals surface area contributed by atoms with Gasteiger partial charge in [-0.2, -0.15) is 0 Å². The molecule has 1 N–H and O–H groups in total. The summed E-state index contributed by atoms with van der Waals surface area (Å²) in [6.45, 7) is 2.56. The Morgan fingerprint density at radius 2 is 1.59 bits per heavy atom. The van der Waals surface area contributed by atoms with Gasteiger partial charge < -0.3 is 4.74 Å². The minimum absolute atomic E-state index is 0.0852. The molecule has 4 amide bonds. The Morgan fingerprint density at radius 3 is 2.31 bits per heavy atom. The topological polar surface area (TPSA) is 75.7 Å². The van der Waals surface area contributed by atoms with Crippen LogP contribution in [-0.2, 0) is 22.7 Å². The van der Waals surface area contributed by atoms with E-state index in [1.165, 1.54) is 11.6 Å². The predicted molar refractivity (Wildman–Crippen MR) is 120 cm³/mol. The quantitative estimate of drug-likeness (QED) is 0.473. The molecule has 32 heavy (non-hydrogen) atoms. The van der Waals surface area contributed by atoms with E-state index in [0.29, 0.717) is 17.9 Å². The van der Waals surface area contributed by atoms with Crippen molar-refractivity contribution in [3.63, 3.8) is 0 Å². The maximum Gasteiger partial charge on any atom is 0.331 e. The number of imide groups is 2. The second-order valence-corrected chi connectivity index (χ2v) is 7.54. The lowest BCUT2D eigenvalue weighted by Gasteiger charge is -2.26. The number of benzene rings is 3. The van der Waals surface area contributed by atoms with Crippen molar-refractivity contribution in [3.05, 3.63) is 107 Å². The van der Waals surface area contributed by atoms with Crippen LogP contribution in [-0.4, -0.2) is 22.7 Å². The molecular formula is C26H22N2O4. The third kappa shape index (κ3) is 4.92. The number of nitrogens with one attached hydrogen (secondary N) is 1. The lowest BCUT2D eigenvalue weighted by Crippen LogP contribution is -2.53. The van der Waals surface area contributed by atoms with Gasteiger partial charge in [-0.05, 0) is 41.8 Å². The van der Waals surface area contributed by atoms with Crippen molar-refractivity contribution in [1.29, 1.82) is 0 Å². The number of carbonyl (C=O) groups excluding carboxylic acids is 3. The molecule has 1 fully saturated rings. The van der Waals surface area contributed by atoms with Gasteiger partial charge in [0.05, 0.1) is 6.54 Å². The van der Waals surface area contributed by atoms with Crippen LogP contribution in [0.4, 0.5) is 4.79 Å². The highest BCUT2D eigenvalue weighted by Gasteiger charge is 2.35. The fourth-order valence-electron chi connectivity index (χ4n) is 3.40. The Morgan fingerprint density at radius 1 is 0.875 bits per heavy atom. The molecule has 0 aromatic heterocycles. The number of urea groups is 1. The Kier molecular flexibility index (Phi) is 6.12. The fourth-order valence-corrected chi connectivity index (χ4v) is 3.40. The van der Waals surface area contributed by atoms with Gasteiger partial charge in [-0.3, -0.25) is 19.8 Å². The predicted octanol–water partition coefficient (Wildman–Crippen LogP) is 4.24. The van der Waals surface area contributed by atoms with Crippen LogP contribution in [0.3, 0.4) is 0 Å². The summed E-state index contributed by atoms with van der Waals surface area (Å²) in [5.41, 5.74) is 3.60. The van der Waals surface area contributed by atoms with Crippen LogP contribution < -0.4 is 10.1 Å². The zero-order chi connectivity index (χ0) is 22.5. The molecule has 4 rings (SSSR count). The van der Waals surface area contributed by atoms with Crippen LogP contribution in [0.15, 0.2) is 84.4 Å². The van der Waals surface area contributed by atoms with E-state index in [2.05, 4.69) is 11.4 Å². The maximum absolute atomic E-state index is 12.9. The van der Waals surface area contributed by atoms with Crippen molar-refractivity contribution < 1.29 is 19.1 Å². The first kappa shape index (κ1) is 21.1. The molecule has 3 aromatic carbocycles. The van der Waals surface area contributed by atoms with Crippen molar-refractivity contribution in [2.45, 2.75) is 20.1 Å². The zero-order valence-electron chi connectivity index (χ0n) is 17.6. The molecule has 1 aliphatic heterocycles. The Hall–Kier alpha value is -4.19. The van der Waals surface area contributed by atoms with Crippen molar-refractivity contribution in [3.8, 4) is 5.75 Å². The van der Waals surface area contributed by atoms with Gasteiger partial charge in [-0.15, -0.1) is 0 Å². The molecular weight excluding hydrogens is 404 g/mol. The zero-order valence-corrected chi connectivity index (χ0v) is 17.6. The number of nitrogens with zero attached hydrogens (tertiary/aromatic N) is 1. The average molecular weight is 426 g/mol. The smallest absolute Gasteiger partial charge is 0.331 e. The van der Waals surface area contributed by atoms with Crippen LogP contribution in [0.1, 0.15) is 22.3 Å². The molecule has 6 nitrogen and oxygen atoms in total. The van der Waals surface area contributed by atoms with E-state index in [1.807, 2.05) is 55.5 Å². The minimum Gasteiger partial charge on any atom is -0.489 e. The molecule has 0 saturated carbocycles. The van der Waals surface area contributed by atoms with Gasteiger partial charge in [0, 0.05) is 0 Å². The van der Waals surface area contributed by atoms with Crippen LogP contribution in [0.5, 0.6) is 5.75 Å². The lowest BCUT2D eigenvalue weighted by atomic mass is 10.1. The summed E-state index contributed by atoms with van der Waals surface area (Å²) in [6, 6.07) is 23.6. The Bertz CT molecular complexity index is 1180. The van der Waals surface area contributed by atoms with Crippen molar-refractivity contribution in [2.75, 3.05) is 0 Å². The highest BCUT2D eigenvalue weighted by Crippen LogP contribution is 2.20. The van der Waals surface area contributed by atoms with Crippen LogP contribution in [0.2, 0.25) is 0 Å². The first-order valence-corrected chi connectivity index (χ1v) is 10.2. The summed E-state index contributed by atoms with van der Waals surface area (Å²) in [4.78, 5) is 38.4. The third-order valence-corrected chi connectivity index (χ3v) is 5.05. The number of carbonyl (C=O) groups is 3. The van der Waals surface area contributed by atoms with Gasteiger partial charge in [-0.1, -0.05) is 72.3 Å². The Balaban J connectivity index is 1.47. The minimum atomic E-state index is -0.721. The highest BCUT2D eigenvalue weighted by atomic mass is 16.5. The second kappa shape index (κ2) is 9.31. The molecule has 0 bridgehead atoms. The summed E-state index contributed by atoms with van der Waals surface area (Å²) < 4.78 is 5.81. The first-order chi connectivity index (χ1) is 15.5. The molecule has 3 aromatic rings. The maximum atomic E-state index is 12.9. The fraction of sp³-hybridized carbons (Fsp3) is 0.115. The van der Waals surface area contributed by atoms with E-state index < -0.39 is 17.8 Å². The van der Waals surface area contributed by atoms with E-state index >= 15 is 0 Å². The number of barbiturate groups is 1. The molecule has 0 radical (unpaired) electrons. The highest BCUT2D eigenvalue weighted by molar-refractivity contribution is 6.30. The number of aryl methyl sites for hydroxylation is 1. The largest absolute Gasteiger partial charge is 0.489 e. The average Bonchev–Trinajstić information content (AvgIpc) is 2.80. The van der Waals surface area contributed by atoms with Crippen molar-refractivity contribution >= 4 is 23.9 Å². The van der Waals surface area contributed by atoms with Gasteiger partial charge in [0.15, 0.2) is 0 Å². The lowest BCUT2D eigenvalue weighted by molar-refractivity contribution is -0.130. The van der Waals surface area contributed by atoms with Gasteiger partial charge in [0.2, 0.25) is 0 Å². The van der Waals surface area contributed by atoms with Crippen molar-refractivity contribution in [1.82, 2.24) is 10.2 Å². The first-order valence-electron chi connectivity index (χ1n) is 10.2. The Labute approximate surface area is 186 Å². The SMILES string of the molecule is Cc1cccc(COc2ccc(C=C3C(=O)NC(=O)N(Cc4ccccc4)C3=O)cc2)c1. The molecule has 0 unspecified atom stereocenters. The summed E-state index contributed by atoms with van der Waals surface area (Å²) in [5.74, 6) is -0.652. The van der Waals surface area contributed by atoms with Crippen LogP contribution in [0, 0.1) is 6.92 Å². The molecule has 6 heteroatoms. The summed E-state index contributed by atoms with van der Waals surface area (Å²) >= 11 is 0. The molecule has 1 aliphatic rings. The number of hydrogen-bond acceptors (Lipinski definition) is 4. The monoisotopic (exact) mass is 426 g/mol. The van der Waals surface area contributed by atoms with Gasteiger partial charge in [-0.25, -0.2) is 4.79 Å². The summed E-state index contributed by atoms with van der Waals surface area (Å²) in [5, 5.41) is 2.24.